The molecule has 0 bridgehead atoms. The normalized spacial score (nSPS) is 18.1. The molecular formula is C21H22N4O3S. The molecule has 0 radical (unpaired) electrons. The number of nitro benzene ring substituents is 1. The Morgan fingerprint density at radius 1 is 1.21 bits per heavy atom. The van der Waals surface area contributed by atoms with Crippen molar-refractivity contribution < 1.29 is 9.72 Å². The van der Waals surface area contributed by atoms with Crippen molar-refractivity contribution in [2.45, 2.75) is 38.0 Å². The number of carbonyl (C=O) groups excluding carboxylic acids is 1. The number of benzene rings is 2. The first-order valence-electron chi connectivity index (χ1n) is 9.46. The van der Waals surface area contributed by atoms with Crippen LogP contribution in [0.1, 0.15) is 37.3 Å². The summed E-state index contributed by atoms with van der Waals surface area (Å²) in [4.78, 5) is 25.0. The molecule has 8 heteroatoms. The fraction of sp³-hybridized carbons (Fsp3) is 0.286. The van der Waals surface area contributed by atoms with Crippen LogP contribution in [0.25, 0.3) is 0 Å². The van der Waals surface area contributed by atoms with Crippen molar-refractivity contribution in [2.75, 3.05) is 0 Å². The average Bonchev–Trinajstić information content (AvgIpc) is 3.02. The number of unbranched alkanes of at least 4 members (excludes halogenated alkanes) is 1. The molecule has 1 heterocycles. The van der Waals surface area contributed by atoms with E-state index in [1.54, 1.807) is 17.0 Å². The maximum atomic E-state index is 12.9. The van der Waals surface area contributed by atoms with Crippen LogP contribution >= 0.6 is 11.8 Å². The van der Waals surface area contributed by atoms with Crippen LogP contribution < -0.4 is 0 Å². The van der Waals surface area contributed by atoms with Crippen LogP contribution in [0.5, 0.6) is 0 Å². The summed E-state index contributed by atoms with van der Waals surface area (Å²) in [5.74, 6) is 0.0524. The summed E-state index contributed by atoms with van der Waals surface area (Å²) in [5, 5.41) is 19.7. The molecule has 1 atom stereocenters. The van der Waals surface area contributed by atoms with Crippen molar-refractivity contribution >= 4 is 34.7 Å². The molecule has 0 N–H and O–H groups in total. The Kier molecular flexibility index (Phi) is 7.13. The number of nitrogens with zero attached hydrogens (tertiary/aromatic N) is 4. The van der Waals surface area contributed by atoms with Gasteiger partial charge in [0.1, 0.15) is 0 Å². The van der Waals surface area contributed by atoms with E-state index >= 15 is 0 Å². The monoisotopic (exact) mass is 410 g/mol. The van der Waals surface area contributed by atoms with Crippen molar-refractivity contribution in [3.05, 3.63) is 75.8 Å². The second kappa shape index (κ2) is 9.97. The van der Waals surface area contributed by atoms with E-state index in [0.717, 1.165) is 24.8 Å². The van der Waals surface area contributed by atoms with Gasteiger partial charge in [-0.25, -0.2) is 0 Å². The predicted octanol–water partition coefficient (Wildman–Crippen LogP) is 4.62. The van der Waals surface area contributed by atoms with Gasteiger partial charge in [-0.3, -0.25) is 19.8 Å². The van der Waals surface area contributed by atoms with Gasteiger partial charge >= 0.3 is 0 Å². The molecule has 3 rings (SSSR count). The van der Waals surface area contributed by atoms with Gasteiger partial charge in [-0.1, -0.05) is 74.0 Å². The Morgan fingerprint density at radius 2 is 2.00 bits per heavy atom. The summed E-state index contributed by atoms with van der Waals surface area (Å²) in [5.41, 5.74) is 1.60. The van der Waals surface area contributed by atoms with Gasteiger partial charge in [-0.15, -0.1) is 5.10 Å². The molecule has 1 saturated heterocycles. The van der Waals surface area contributed by atoms with Crippen LogP contribution in [0.15, 0.2) is 64.8 Å². The minimum Gasteiger partial charge on any atom is -0.284 e. The highest BCUT2D eigenvalue weighted by molar-refractivity contribution is 8.15. The molecule has 0 spiro atoms. The second-order valence-corrected chi connectivity index (χ2v) is 7.81. The highest BCUT2D eigenvalue weighted by Gasteiger charge is 2.37. The van der Waals surface area contributed by atoms with Crippen molar-refractivity contribution in [3.63, 3.8) is 0 Å². The molecule has 0 aliphatic carbocycles. The summed E-state index contributed by atoms with van der Waals surface area (Å²) in [7, 11) is 0. The lowest BCUT2D eigenvalue weighted by molar-refractivity contribution is -0.384. The lowest BCUT2D eigenvalue weighted by Crippen LogP contribution is -2.31. The molecule has 1 amide bonds. The van der Waals surface area contributed by atoms with Gasteiger partial charge < -0.3 is 0 Å². The van der Waals surface area contributed by atoms with Gasteiger partial charge in [0.15, 0.2) is 5.17 Å². The Balaban J connectivity index is 1.80. The zero-order chi connectivity index (χ0) is 20.6. The van der Waals surface area contributed by atoms with Crippen molar-refractivity contribution in [1.29, 1.82) is 0 Å². The SMILES string of the molecule is CCCC[C@H]1S/C(=N/N=C\c2cccc([N+](=O)[O-])c2)N(Cc2ccccc2)C1=O. The van der Waals surface area contributed by atoms with Crippen LogP contribution in [0, 0.1) is 10.1 Å². The number of carbonyl (C=O) groups is 1. The van der Waals surface area contributed by atoms with Gasteiger partial charge in [0.05, 0.1) is 22.9 Å². The Labute approximate surface area is 173 Å². The number of hydrogen-bond donors (Lipinski definition) is 0. The van der Waals surface area contributed by atoms with Crippen LogP contribution in [0.4, 0.5) is 5.69 Å². The van der Waals surface area contributed by atoms with E-state index in [2.05, 4.69) is 17.1 Å². The van der Waals surface area contributed by atoms with Crippen molar-refractivity contribution in [1.82, 2.24) is 4.90 Å². The Hall–Kier alpha value is -3.00. The lowest BCUT2D eigenvalue weighted by atomic mass is 10.1. The van der Waals surface area contributed by atoms with E-state index in [4.69, 9.17) is 0 Å². The summed E-state index contributed by atoms with van der Waals surface area (Å²) in [6, 6.07) is 15.9. The van der Waals surface area contributed by atoms with Gasteiger partial charge in [0.25, 0.3) is 5.69 Å². The maximum absolute atomic E-state index is 12.9. The summed E-state index contributed by atoms with van der Waals surface area (Å²) in [6.07, 6.45) is 4.28. The zero-order valence-electron chi connectivity index (χ0n) is 16.1. The number of non-ortho nitro benzene ring substituents is 1. The standard InChI is InChI=1S/C21H22N4O3S/c1-2-3-12-19-20(26)24(15-16-8-5-4-6-9-16)21(29-19)23-22-14-17-10-7-11-18(13-17)25(27)28/h4-11,13-14,19H,2-3,12,15H2,1H3/b22-14-,23-21+/t19-/m1/s1. The topological polar surface area (TPSA) is 88.2 Å². The molecule has 2 aromatic rings. The lowest BCUT2D eigenvalue weighted by Gasteiger charge is -2.15. The fourth-order valence-electron chi connectivity index (χ4n) is 2.93. The summed E-state index contributed by atoms with van der Waals surface area (Å²) >= 11 is 1.43. The minimum absolute atomic E-state index is 0.00245. The molecule has 7 nitrogen and oxygen atoms in total. The number of thioether (sulfide) groups is 1. The van der Waals surface area contributed by atoms with Gasteiger partial charge in [-0.2, -0.15) is 5.10 Å². The third-order valence-corrected chi connectivity index (χ3v) is 5.69. The molecule has 150 valence electrons. The van der Waals surface area contributed by atoms with E-state index in [0.29, 0.717) is 17.3 Å². The molecule has 1 aliphatic heterocycles. The van der Waals surface area contributed by atoms with E-state index in [-0.39, 0.29) is 16.8 Å². The molecule has 2 aromatic carbocycles. The van der Waals surface area contributed by atoms with Gasteiger partial charge in [0.2, 0.25) is 5.91 Å². The number of amides is 1. The zero-order valence-corrected chi connectivity index (χ0v) is 16.9. The molecule has 0 saturated carbocycles. The Morgan fingerprint density at radius 3 is 2.72 bits per heavy atom. The number of nitro groups is 1. The first-order chi connectivity index (χ1) is 14.1. The molecule has 0 unspecified atom stereocenters. The van der Waals surface area contributed by atoms with Crippen molar-refractivity contribution in [3.8, 4) is 0 Å². The summed E-state index contributed by atoms with van der Waals surface area (Å²) in [6.45, 7) is 2.55. The molecule has 1 fully saturated rings. The highest BCUT2D eigenvalue weighted by Crippen LogP contribution is 2.32. The first kappa shape index (κ1) is 20.7. The van der Waals surface area contributed by atoms with Crippen molar-refractivity contribution in [2.24, 2.45) is 10.2 Å². The molecule has 0 aromatic heterocycles. The number of hydrogen-bond acceptors (Lipinski definition) is 6. The number of rotatable bonds is 8. The summed E-state index contributed by atoms with van der Waals surface area (Å²) < 4.78 is 0. The van der Waals surface area contributed by atoms with Crippen LogP contribution in [0.2, 0.25) is 0 Å². The van der Waals surface area contributed by atoms with E-state index in [9.17, 15) is 14.9 Å². The first-order valence-corrected chi connectivity index (χ1v) is 10.3. The molecule has 29 heavy (non-hydrogen) atoms. The smallest absolute Gasteiger partial charge is 0.270 e. The van der Waals surface area contributed by atoms with E-state index < -0.39 is 4.92 Å². The van der Waals surface area contributed by atoms with E-state index in [1.165, 1.54) is 30.1 Å². The highest BCUT2D eigenvalue weighted by atomic mass is 32.2. The third-order valence-electron chi connectivity index (χ3n) is 4.45. The largest absolute Gasteiger partial charge is 0.284 e. The van der Waals surface area contributed by atoms with Crippen LogP contribution in [-0.4, -0.2) is 32.4 Å². The number of amidine groups is 1. The quantitative estimate of drug-likeness (QED) is 0.361. The minimum atomic E-state index is -0.450. The van der Waals surface area contributed by atoms with Gasteiger partial charge in [-0.05, 0) is 12.0 Å². The van der Waals surface area contributed by atoms with Crippen LogP contribution in [0.3, 0.4) is 0 Å². The second-order valence-electron chi connectivity index (χ2n) is 6.64. The maximum Gasteiger partial charge on any atom is 0.270 e. The average molecular weight is 410 g/mol. The van der Waals surface area contributed by atoms with Crippen LogP contribution in [-0.2, 0) is 11.3 Å². The fourth-order valence-corrected chi connectivity index (χ4v) is 4.08. The Bertz CT molecular complexity index is 931. The molecular weight excluding hydrogens is 388 g/mol. The predicted molar refractivity (Wildman–Crippen MR) is 116 cm³/mol. The van der Waals surface area contributed by atoms with E-state index in [1.807, 2.05) is 30.3 Å². The third kappa shape index (κ3) is 5.51. The molecule has 1 aliphatic rings. The van der Waals surface area contributed by atoms with Gasteiger partial charge in [0, 0.05) is 17.7 Å².